The van der Waals surface area contributed by atoms with Crippen LogP contribution in [-0.4, -0.2) is 64.2 Å². The molecular weight excluding hydrogens is 494 g/mol. The molecule has 0 fully saturated rings. The van der Waals surface area contributed by atoms with Crippen molar-refractivity contribution in [3.05, 3.63) is 54.1 Å². The average molecular weight is 534 g/mol. The maximum absolute atomic E-state index is 13.4. The van der Waals surface area contributed by atoms with Crippen molar-refractivity contribution in [2.45, 2.75) is 58.7 Å². The first-order chi connectivity index (χ1) is 17.5. The zero-order valence-electron chi connectivity index (χ0n) is 22.6. The minimum absolute atomic E-state index is 0.0627. The van der Waals surface area contributed by atoms with Crippen LogP contribution in [0.25, 0.3) is 0 Å². The van der Waals surface area contributed by atoms with Crippen molar-refractivity contribution in [1.82, 2.24) is 10.2 Å². The van der Waals surface area contributed by atoms with Crippen LogP contribution in [0.4, 0.5) is 5.69 Å². The van der Waals surface area contributed by atoms with Crippen molar-refractivity contribution in [1.29, 1.82) is 0 Å². The highest BCUT2D eigenvalue weighted by Crippen LogP contribution is 2.23. The van der Waals surface area contributed by atoms with Gasteiger partial charge in [0.1, 0.15) is 17.5 Å². The van der Waals surface area contributed by atoms with E-state index in [4.69, 9.17) is 9.47 Å². The fraction of sp³-hybridized carbons (Fsp3) is 0.481. The first kappa shape index (κ1) is 30.0. The topological polar surface area (TPSA) is 105 Å². The fourth-order valence-corrected chi connectivity index (χ4v) is 4.95. The summed E-state index contributed by atoms with van der Waals surface area (Å²) in [6, 6.07) is 13.3. The van der Waals surface area contributed by atoms with Gasteiger partial charge in [-0.15, -0.1) is 0 Å². The maximum atomic E-state index is 13.4. The van der Waals surface area contributed by atoms with Gasteiger partial charge in [-0.1, -0.05) is 19.1 Å². The Labute approximate surface area is 220 Å². The number of amides is 2. The summed E-state index contributed by atoms with van der Waals surface area (Å²) in [5.74, 6) is 0.887. The summed E-state index contributed by atoms with van der Waals surface area (Å²) in [5, 5.41) is 2.91. The van der Waals surface area contributed by atoms with E-state index in [0.29, 0.717) is 30.0 Å². The molecule has 1 atom stereocenters. The third-order valence-electron chi connectivity index (χ3n) is 5.84. The van der Waals surface area contributed by atoms with Crippen LogP contribution in [-0.2, 0) is 26.2 Å². The second-order valence-electron chi connectivity index (χ2n) is 9.09. The van der Waals surface area contributed by atoms with Gasteiger partial charge in [0.05, 0.1) is 26.2 Å². The SMILES string of the molecule is CCC(C(=O)NC(C)C)N(Cc1ccc(OC)cc1)C(=O)CCCN(c1ccc(OC)cc1)S(C)(=O)=O. The first-order valence-corrected chi connectivity index (χ1v) is 14.2. The van der Waals surface area contributed by atoms with E-state index in [2.05, 4.69) is 5.32 Å². The van der Waals surface area contributed by atoms with E-state index in [1.807, 2.05) is 45.0 Å². The molecule has 0 heterocycles. The quantitative estimate of drug-likeness (QED) is 0.398. The molecule has 0 bridgehead atoms. The van der Waals surface area contributed by atoms with E-state index in [1.165, 1.54) is 11.4 Å². The van der Waals surface area contributed by atoms with Crippen LogP contribution in [0.15, 0.2) is 48.5 Å². The number of ether oxygens (including phenoxy) is 2. The summed E-state index contributed by atoms with van der Waals surface area (Å²) >= 11 is 0. The molecule has 37 heavy (non-hydrogen) atoms. The standard InChI is InChI=1S/C27H39N3O6S/c1-7-25(27(32)28-20(2)3)29(19-21-10-14-23(35-4)15-11-21)26(31)9-8-18-30(37(6,33)34)22-12-16-24(36-5)17-13-22/h10-17,20,25H,7-9,18-19H2,1-6H3,(H,28,32). The lowest BCUT2D eigenvalue weighted by Gasteiger charge is -2.31. The van der Waals surface area contributed by atoms with Gasteiger partial charge in [0, 0.05) is 25.6 Å². The molecule has 204 valence electrons. The van der Waals surface area contributed by atoms with E-state index in [1.54, 1.807) is 36.3 Å². The fourth-order valence-electron chi connectivity index (χ4n) is 3.98. The third-order valence-corrected chi connectivity index (χ3v) is 7.04. The monoisotopic (exact) mass is 533 g/mol. The van der Waals surface area contributed by atoms with Crippen molar-refractivity contribution in [2.75, 3.05) is 31.3 Å². The summed E-state index contributed by atoms with van der Waals surface area (Å²) in [6.07, 6.45) is 1.96. The van der Waals surface area contributed by atoms with Gasteiger partial charge in [-0.3, -0.25) is 13.9 Å². The third kappa shape index (κ3) is 8.96. The van der Waals surface area contributed by atoms with Crippen molar-refractivity contribution in [3.63, 3.8) is 0 Å². The molecule has 0 radical (unpaired) electrons. The Hall–Kier alpha value is -3.27. The summed E-state index contributed by atoms with van der Waals surface area (Å²) in [4.78, 5) is 28.0. The molecular formula is C27H39N3O6S. The number of methoxy groups -OCH3 is 2. The highest BCUT2D eigenvalue weighted by molar-refractivity contribution is 7.92. The highest BCUT2D eigenvalue weighted by atomic mass is 32.2. The Morgan fingerprint density at radius 1 is 0.946 bits per heavy atom. The molecule has 0 aliphatic heterocycles. The summed E-state index contributed by atoms with van der Waals surface area (Å²) < 4.78 is 36.6. The average Bonchev–Trinajstić information content (AvgIpc) is 2.85. The van der Waals surface area contributed by atoms with Crippen LogP contribution in [0, 0.1) is 0 Å². The summed E-state index contributed by atoms with van der Waals surface area (Å²) in [6.45, 7) is 6.00. The van der Waals surface area contributed by atoms with Crippen LogP contribution in [0.1, 0.15) is 45.6 Å². The Kier molecular flexibility index (Phi) is 11.2. The Bertz CT molecular complexity index is 1120. The first-order valence-electron chi connectivity index (χ1n) is 12.3. The number of nitrogens with one attached hydrogen (secondary N) is 1. The van der Waals surface area contributed by atoms with Gasteiger partial charge in [0.2, 0.25) is 21.8 Å². The molecule has 2 aromatic rings. The predicted molar refractivity (Wildman–Crippen MR) is 145 cm³/mol. The lowest BCUT2D eigenvalue weighted by Crippen LogP contribution is -2.50. The van der Waals surface area contributed by atoms with Gasteiger partial charge in [0.15, 0.2) is 0 Å². The number of anilines is 1. The van der Waals surface area contributed by atoms with Crippen molar-refractivity contribution in [2.24, 2.45) is 0 Å². The molecule has 1 unspecified atom stereocenters. The zero-order chi connectivity index (χ0) is 27.6. The molecule has 1 N–H and O–H groups in total. The molecule has 0 aliphatic carbocycles. The maximum Gasteiger partial charge on any atom is 0.243 e. The van der Waals surface area contributed by atoms with Gasteiger partial charge >= 0.3 is 0 Å². The second kappa shape index (κ2) is 13.9. The number of carbonyl (C=O) groups is 2. The lowest BCUT2D eigenvalue weighted by atomic mass is 10.1. The number of sulfonamides is 1. The van der Waals surface area contributed by atoms with Crippen LogP contribution in [0.3, 0.4) is 0 Å². The number of nitrogens with zero attached hydrogens (tertiary/aromatic N) is 2. The van der Waals surface area contributed by atoms with Gasteiger partial charge in [-0.25, -0.2) is 8.42 Å². The van der Waals surface area contributed by atoms with Crippen LogP contribution in [0.2, 0.25) is 0 Å². The second-order valence-corrected chi connectivity index (χ2v) is 11.0. The minimum atomic E-state index is -3.57. The van der Waals surface area contributed by atoms with Crippen molar-refractivity contribution >= 4 is 27.5 Å². The number of hydrogen-bond acceptors (Lipinski definition) is 6. The molecule has 9 nitrogen and oxygen atoms in total. The molecule has 0 saturated carbocycles. The van der Waals surface area contributed by atoms with Gasteiger partial charge in [-0.05, 0) is 68.7 Å². The van der Waals surface area contributed by atoms with E-state index >= 15 is 0 Å². The van der Waals surface area contributed by atoms with E-state index in [-0.39, 0.29) is 37.4 Å². The largest absolute Gasteiger partial charge is 0.497 e. The number of benzene rings is 2. The normalized spacial score (nSPS) is 12.1. The molecule has 2 aromatic carbocycles. The molecule has 0 aromatic heterocycles. The molecule has 10 heteroatoms. The zero-order valence-corrected chi connectivity index (χ0v) is 23.4. The van der Waals surface area contributed by atoms with Gasteiger partial charge in [-0.2, -0.15) is 0 Å². The molecule has 0 aliphatic rings. The number of hydrogen-bond donors (Lipinski definition) is 1. The number of rotatable bonds is 14. The van der Waals surface area contributed by atoms with Gasteiger partial charge < -0.3 is 19.7 Å². The minimum Gasteiger partial charge on any atom is -0.497 e. The van der Waals surface area contributed by atoms with Crippen molar-refractivity contribution in [3.8, 4) is 11.5 Å². The summed E-state index contributed by atoms with van der Waals surface area (Å²) in [5.41, 5.74) is 1.36. The van der Waals surface area contributed by atoms with E-state index in [9.17, 15) is 18.0 Å². The van der Waals surface area contributed by atoms with Crippen molar-refractivity contribution < 1.29 is 27.5 Å². The Morgan fingerprint density at radius 3 is 1.95 bits per heavy atom. The molecule has 2 amide bonds. The van der Waals surface area contributed by atoms with Crippen LogP contribution in [0.5, 0.6) is 11.5 Å². The van der Waals surface area contributed by atoms with E-state index in [0.717, 1.165) is 11.8 Å². The number of carbonyl (C=O) groups excluding carboxylic acids is 2. The van der Waals surface area contributed by atoms with Crippen LogP contribution >= 0.6 is 0 Å². The lowest BCUT2D eigenvalue weighted by molar-refractivity contribution is -0.141. The molecule has 2 rings (SSSR count). The smallest absolute Gasteiger partial charge is 0.243 e. The Balaban J connectivity index is 2.21. The van der Waals surface area contributed by atoms with Gasteiger partial charge in [0.25, 0.3) is 0 Å². The molecule has 0 spiro atoms. The van der Waals surface area contributed by atoms with Crippen LogP contribution < -0.4 is 19.1 Å². The molecule has 0 saturated heterocycles. The highest BCUT2D eigenvalue weighted by Gasteiger charge is 2.29. The predicted octanol–water partition coefficient (Wildman–Crippen LogP) is 3.58. The Morgan fingerprint density at radius 2 is 1.49 bits per heavy atom. The summed E-state index contributed by atoms with van der Waals surface area (Å²) in [7, 11) is -0.445. The van der Waals surface area contributed by atoms with E-state index < -0.39 is 16.1 Å².